The lowest BCUT2D eigenvalue weighted by atomic mass is 9.96. The molecule has 2 unspecified atom stereocenters. The van der Waals surface area contributed by atoms with Crippen LogP contribution in [-0.2, 0) is 0 Å². The maximum atomic E-state index is 9.66. The maximum Gasteiger partial charge on any atom is 0.170 e. The lowest BCUT2D eigenvalue weighted by Gasteiger charge is -2.28. The number of aliphatic hydroxyl groups excluding tert-OH is 1. The number of rotatable bonds is 6. The number of thiocarbonyl (C=S) groups is 1. The van der Waals surface area contributed by atoms with Crippen LogP contribution in [0.3, 0.4) is 0 Å². The minimum absolute atomic E-state index is 0.0315. The van der Waals surface area contributed by atoms with Crippen LogP contribution in [0.15, 0.2) is 54.7 Å². The maximum absolute atomic E-state index is 9.66. The van der Waals surface area contributed by atoms with Crippen molar-refractivity contribution in [1.29, 1.82) is 0 Å². The van der Waals surface area contributed by atoms with Crippen LogP contribution < -0.4 is 5.32 Å². The number of pyridine rings is 1. The smallest absolute Gasteiger partial charge is 0.170 e. The molecule has 6 nitrogen and oxygen atoms in total. The van der Waals surface area contributed by atoms with Crippen molar-refractivity contribution in [3.63, 3.8) is 0 Å². The second kappa shape index (κ2) is 8.45. The predicted molar refractivity (Wildman–Crippen MR) is 121 cm³/mol. The zero-order chi connectivity index (χ0) is 21.3. The highest BCUT2D eigenvalue weighted by molar-refractivity contribution is 7.80. The molecule has 0 saturated carbocycles. The first kappa shape index (κ1) is 20.4. The molecule has 1 aliphatic rings. The van der Waals surface area contributed by atoms with Crippen molar-refractivity contribution < 1.29 is 10.2 Å². The zero-order valence-corrected chi connectivity index (χ0v) is 17.9. The summed E-state index contributed by atoms with van der Waals surface area (Å²) in [5, 5.41) is 23.2. The van der Waals surface area contributed by atoms with E-state index in [1.54, 1.807) is 18.3 Å². The molecule has 1 aromatic carbocycles. The monoisotopic (exact) mass is 422 g/mol. The van der Waals surface area contributed by atoms with Crippen LogP contribution in [0.5, 0.6) is 5.75 Å². The molecule has 1 fully saturated rings. The van der Waals surface area contributed by atoms with Crippen molar-refractivity contribution in [3.05, 3.63) is 77.4 Å². The van der Waals surface area contributed by atoms with E-state index < -0.39 is 0 Å². The fourth-order valence-electron chi connectivity index (χ4n) is 4.31. The normalized spacial score (nSPS) is 18.6. The Labute approximate surface area is 181 Å². The fourth-order valence-corrected chi connectivity index (χ4v) is 4.64. The Morgan fingerprint density at radius 2 is 1.90 bits per heavy atom. The molecule has 4 rings (SSSR count). The highest BCUT2D eigenvalue weighted by atomic mass is 32.1. The van der Waals surface area contributed by atoms with Gasteiger partial charge in [0.05, 0.1) is 17.8 Å². The van der Waals surface area contributed by atoms with Crippen LogP contribution in [0.2, 0.25) is 0 Å². The van der Waals surface area contributed by atoms with Gasteiger partial charge in [-0.3, -0.25) is 4.98 Å². The van der Waals surface area contributed by atoms with Crippen molar-refractivity contribution in [2.75, 3.05) is 13.2 Å². The number of aryl methyl sites for hydroxylation is 1. The number of aliphatic hydroxyl groups is 1. The third-order valence-electron chi connectivity index (χ3n) is 5.65. The molecule has 0 spiro atoms. The standard InChI is InChI=1S/C23H26N4O2S/c1-15-14-19(16(2)27(15)17-7-9-18(29)10-8-17)22-21(20-6-3-4-11-24-20)25-23(30)26(22)12-5-13-28/h3-4,6-11,14,21-22,28-29H,5,12-13H2,1-2H3,(H,25,30). The molecule has 0 bridgehead atoms. The van der Waals surface area contributed by atoms with Crippen molar-refractivity contribution in [1.82, 2.24) is 19.8 Å². The second-order valence-electron chi connectivity index (χ2n) is 7.58. The minimum atomic E-state index is -0.0776. The van der Waals surface area contributed by atoms with Crippen molar-refractivity contribution in [2.24, 2.45) is 0 Å². The predicted octanol–water partition coefficient (Wildman–Crippen LogP) is 3.55. The van der Waals surface area contributed by atoms with Crippen LogP contribution in [0.4, 0.5) is 0 Å². The van der Waals surface area contributed by atoms with Crippen molar-refractivity contribution >= 4 is 17.3 Å². The quantitative estimate of drug-likeness (QED) is 0.528. The molecule has 0 radical (unpaired) electrons. The van der Waals surface area contributed by atoms with E-state index in [1.807, 2.05) is 30.3 Å². The van der Waals surface area contributed by atoms with Gasteiger partial charge in [-0.1, -0.05) is 6.07 Å². The minimum Gasteiger partial charge on any atom is -0.508 e. The Balaban J connectivity index is 1.81. The van der Waals surface area contributed by atoms with Gasteiger partial charge in [0.25, 0.3) is 0 Å². The van der Waals surface area contributed by atoms with E-state index in [-0.39, 0.29) is 24.4 Å². The summed E-state index contributed by atoms with van der Waals surface area (Å²) in [6, 6.07) is 15.2. The summed E-state index contributed by atoms with van der Waals surface area (Å²) >= 11 is 5.67. The number of nitrogens with one attached hydrogen (secondary N) is 1. The molecule has 2 atom stereocenters. The van der Waals surface area contributed by atoms with Gasteiger partial charge in [-0.05, 0) is 80.5 Å². The van der Waals surface area contributed by atoms with Crippen LogP contribution in [-0.4, -0.2) is 42.9 Å². The van der Waals surface area contributed by atoms with E-state index in [0.29, 0.717) is 18.1 Å². The number of phenolic OH excluding ortho intramolecular Hbond substituents is 1. The van der Waals surface area contributed by atoms with Gasteiger partial charge in [-0.2, -0.15) is 0 Å². The average Bonchev–Trinajstić information content (AvgIpc) is 3.23. The van der Waals surface area contributed by atoms with Gasteiger partial charge < -0.3 is 25.0 Å². The van der Waals surface area contributed by atoms with Gasteiger partial charge in [0.15, 0.2) is 5.11 Å². The molecule has 3 heterocycles. The summed E-state index contributed by atoms with van der Waals surface area (Å²) in [5.74, 6) is 0.247. The highest BCUT2D eigenvalue weighted by Crippen LogP contribution is 2.41. The van der Waals surface area contributed by atoms with Crippen LogP contribution in [0, 0.1) is 13.8 Å². The molecule has 2 aromatic heterocycles. The van der Waals surface area contributed by atoms with Gasteiger partial charge >= 0.3 is 0 Å². The molecule has 30 heavy (non-hydrogen) atoms. The lowest BCUT2D eigenvalue weighted by molar-refractivity contribution is 0.247. The van der Waals surface area contributed by atoms with Gasteiger partial charge in [0.1, 0.15) is 5.75 Å². The Morgan fingerprint density at radius 3 is 2.57 bits per heavy atom. The molecule has 7 heteroatoms. The van der Waals surface area contributed by atoms with E-state index in [1.165, 1.54) is 5.56 Å². The second-order valence-corrected chi connectivity index (χ2v) is 7.96. The molecule has 156 valence electrons. The number of phenols is 1. The van der Waals surface area contributed by atoms with E-state index in [4.69, 9.17) is 12.2 Å². The molecule has 3 N–H and O–H groups in total. The van der Waals surface area contributed by atoms with Gasteiger partial charge in [0.2, 0.25) is 0 Å². The lowest BCUT2D eigenvalue weighted by Crippen LogP contribution is -2.31. The van der Waals surface area contributed by atoms with E-state index in [9.17, 15) is 10.2 Å². The van der Waals surface area contributed by atoms with E-state index in [0.717, 1.165) is 22.8 Å². The van der Waals surface area contributed by atoms with Gasteiger partial charge in [-0.25, -0.2) is 0 Å². The topological polar surface area (TPSA) is 73.5 Å². The van der Waals surface area contributed by atoms with Gasteiger partial charge in [-0.15, -0.1) is 0 Å². The van der Waals surface area contributed by atoms with Crippen molar-refractivity contribution in [3.8, 4) is 11.4 Å². The Kier molecular flexibility index (Phi) is 5.74. The van der Waals surface area contributed by atoms with Crippen LogP contribution in [0.1, 0.15) is 41.1 Å². The molecule has 0 aliphatic carbocycles. The van der Waals surface area contributed by atoms with Crippen molar-refractivity contribution in [2.45, 2.75) is 32.4 Å². The summed E-state index contributed by atoms with van der Waals surface area (Å²) in [6.45, 7) is 4.97. The highest BCUT2D eigenvalue weighted by Gasteiger charge is 2.41. The first-order valence-corrected chi connectivity index (χ1v) is 10.5. The number of benzene rings is 1. The third-order valence-corrected chi connectivity index (χ3v) is 6.00. The van der Waals surface area contributed by atoms with Crippen LogP contribution >= 0.6 is 12.2 Å². The zero-order valence-electron chi connectivity index (χ0n) is 17.1. The molecular weight excluding hydrogens is 396 g/mol. The molecular formula is C23H26N4O2S. The fraction of sp³-hybridized carbons (Fsp3) is 0.304. The molecule has 3 aromatic rings. The Bertz CT molecular complexity index is 1030. The number of hydrogen-bond donors (Lipinski definition) is 3. The first-order valence-electron chi connectivity index (χ1n) is 10.1. The number of aromatic nitrogens is 2. The molecule has 0 amide bonds. The van der Waals surface area contributed by atoms with E-state index >= 15 is 0 Å². The molecule has 1 aliphatic heterocycles. The number of hydrogen-bond acceptors (Lipinski definition) is 4. The summed E-state index contributed by atoms with van der Waals surface area (Å²) in [7, 11) is 0. The largest absolute Gasteiger partial charge is 0.508 e. The van der Waals surface area contributed by atoms with Gasteiger partial charge in [0, 0.05) is 36.4 Å². The van der Waals surface area contributed by atoms with Crippen LogP contribution in [0.25, 0.3) is 5.69 Å². The Hall–Kier alpha value is -2.90. The Morgan fingerprint density at radius 1 is 1.13 bits per heavy atom. The summed E-state index contributed by atoms with van der Waals surface area (Å²) in [6.07, 6.45) is 2.44. The first-order chi connectivity index (χ1) is 14.5. The number of nitrogens with zero attached hydrogens (tertiary/aromatic N) is 3. The summed E-state index contributed by atoms with van der Waals surface area (Å²) < 4.78 is 2.19. The third kappa shape index (κ3) is 3.66. The molecule has 1 saturated heterocycles. The SMILES string of the molecule is Cc1cc(C2C(c3ccccn3)NC(=S)N2CCCO)c(C)n1-c1ccc(O)cc1. The number of aromatic hydroxyl groups is 1. The summed E-state index contributed by atoms with van der Waals surface area (Å²) in [4.78, 5) is 6.74. The summed E-state index contributed by atoms with van der Waals surface area (Å²) in [5.41, 5.74) is 5.32. The average molecular weight is 423 g/mol. The van der Waals surface area contributed by atoms with E-state index in [2.05, 4.69) is 39.7 Å².